The van der Waals surface area contributed by atoms with Crippen LogP contribution in [0.25, 0.3) is 0 Å². The molecule has 2 N–H and O–H groups in total. The molecule has 0 radical (unpaired) electrons. The van der Waals surface area contributed by atoms with E-state index in [0.717, 1.165) is 31.0 Å². The fourth-order valence-electron chi connectivity index (χ4n) is 1.90. The summed E-state index contributed by atoms with van der Waals surface area (Å²) in [6.07, 6.45) is 7.26. The van der Waals surface area contributed by atoms with Crippen molar-refractivity contribution in [1.82, 2.24) is 24.9 Å². The molecule has 3 heterocycles. The first-order chi connectivity index (χ1) is 9.31. The topological polar surface area (TPSA) is 93.7 Å². The van der Waals surface area contributed by atoms with Gasteiger partial charge in [-0.1, -0.05) is 0 Å². The summed E-state index contributed by atoms with van der Waals surface area (Å²) < 4.78 is 0. The standard InChI is InChI=1S/C11H13N7S/c12-9-15-10(18-5-1-2-6-18)17-11(16-9)19-8-7-13-3-4-14-8/h3-4,7H,1-2,5-6H2,(H2,12,15,16,17). The average Bonchev–Trinajstić information content (AvgIpc) is 2.93. The molecule has 7 nitrogen and oxygen atoms in total. The van der Waals surface area contributed by atoms with Gasteiger partial charge in [-0.25, -0.2) is 4.98 Å². The molecule has 0 saturated carbocycles. The van der Waals surface area contributed by atoms with Gasteiger partial charge < -0.3 is 10.6 Å². The molecule has 0 unspecified atom stereocenters. The highest BCUT2D eigenvalue weighted by molar-refractivity contribution is 7.99. The van der Waals surface area contributed by atoms with Gasteiger partial charge in [0.15, 0.2) is 0 Å². The second-order valence-electron chi connectivity index (χ2n) is 4.12. The Morgan fingerprint density at radius 3 is 2.68 bits per heavy atom. The molecular formula is C11H13N7S. The molecule has 3 rings (SSSR count). The molecule has 0 spiro atoms. The SMILES string of the molecule is Nc1nc(Sc2cnccn2)nc(N2CCCC2)n1. The van der Waals surface area contributed by atoms with Crippen LogP contribution >= 0.6 is 11.8 Å². The van der Waals surface area contributed by atoms with Crippen LogP contribution in [0.15, 0.2) is 28.8 Å². The number of rotatable bonds is 3. The molecule has 1 aliphatic rings. The summed E-state index contributed by atoms with van der Waals surface area (Å²) in [6.45, 7) is 1.94. The van der Waals surface area contributed by atoms with Gasteiger partial charge in [0.05, 0.1) is 6.20 Å². The van der Waals surface area contributed by atoms with Gasteiger partial charge in [-0.3, -0.25) is 4.98 Å². The maximum Gasteiger partial charge on any atom is 0.231 e. The summed E-state index contributed by atoms with van der Waals surface area (Å²) in [5.74, 6) is 0.889. The van der Waals surface area contributed by atoms with Crippen molar-refractivity contribution in [3.8, 4) is 0 Å². The Kier molecular flexibility index (Phi) is 3.41. The molecular weight excluding hydrogens is 262 g/mol. The van der Waals surface area contributed by atoms with Gasteiger partial charge in [0, 0.05) is 25.5 Å². The Bertz CT molecular complexity index is 556. The van der Waals surface area contributed by atoms with E-state index in [0.29, 0.717) is 11.1 Å². The van der Waals surface area contributed by atoms with Crippen molar-refractivity contribution in [2.24, 2.45) is 0 Å². The summed E-state index contributed by atoms with van der Waals surface area (Å²) in [5, 5.41) is 1.29. The lowest BCUT2D eigenvalue weighted by Crippen LogP contribution is -2.21. The zero-order valence-corrected chi connectivity index (χ0v) is 11.0. The van der Waals surface area contributed by atoms with Gasteiger partial charge >= 0.3 is 0 Å². The monoisotopic (exact) mass is 275 g/mol. The molecule has 2 aromatic rings. The number of hydrogen-bond donors (Lipinski definition) is 1. The fraction of sp³-hybridized carbons (Fsp3) is 0.364. The highest BCUT2D eigenvalue weighted by Gasteiger charge is 2.17. The van der Waals surface area contributed by atoms with Gasteiger partial charge in [-0.2, -0.15) is 15.0 Å². The van der Waals surface area contributed by atoms with E-state index in [9.17, 15) is 0 Å². The van der Waals surface area contributed by atoms with Gasteiger partial charge in [-0.15, -0.1) is 0 Å². The van der Waals surface area contributed by atoms with Gasteiger partial charge in [-0.05, 0) is 24.6 Å². The maximum absolute atomic E-state index is 5.74. The molecule has 1 aliphatic heterocycles. The number of aromatic nitrogens is 5. The second kappa shape index (κ2) is 5.35. The number of nitrogens with zero attached hydrogens (tertiary/aromatic N) is 6. The fourth-order valence-corrected chi connectivity index (χ4v) is 2.58. The molecule has 0 atom stereocenters. The van der Waals surface area contributed by atoms with Crippen molar-refractivity contribution < 1.29 is 0 Å². The minimum absolute atomic E-state index is 0.239. The van der Waals surface area contributed by atoms with Crippen LogP contribution in [0.5, 0.6) is 0 Å². The Morgan fingerprint density at radius 1 is 1.11 bits per heavy atom. The van der Waals surface area contributed by atoms with E-state index in [4.69, 9.17) is 5.73 Å². The first-order valence-corrected chi connectivity index (χ1v) is 6.83. The van der Waals surface area contributed by atoms with Gasteiger partial charge in [0.25, 0.3) is 0 Å². The zero-order chi connectivity index (χ0) is 13.1. The molecule has 2 aromatic heterocycles. The molecule has 0 aromatic carbocycles. The lowest BCUT2D eigenvalue weighted by molar-refractivity contribution is 0.832. The second-order valence-corrected chi connectivity index (χ2v) is 5.10. The number of nitrogen functional groups attached to an aromatic ring is 1. The van der Waals surface area contributed by atoms with Crippen LogP contribution < -0.4 is 10.6 Å². The molecule has 8 heteroatoms. The predicted octanol–water partition coefficient (Wildman–Crippen LogP) is 0.995. The van der Waals surface area contributed by atoms with Crippen LogP contribution in [0.3, 0.4) is 0 Å². The van der Waals surface area contributed by atoms with Crippen molar-refractivity contribution in [1.29, 1.82) is 0 Å². The normalized spacial score (nSPS) is 14.8. The van der Waals surface area contributed by atoms with Crippen LogP contribution in [-0.2, 0) is 0 Å². The Labute approximate surface area is 114 Å². The van der Waals surface area contributed by atoms with Crippen LogP contribution in [0.1, 0.15) is 12.8 Å². The summed E-state index contributed by atoms with van der Waals surface area (Å²) >= 11 is 1.33. The van der Waals surface area contributed by atoms with Crippen molar-refractivity contribution in [2.45, 2.75) is 23.0 Å². The van der Waals surface area contributed by atoms with Crippen molar-refractivity contribution in [2.75, 3.05) is 23.7 Å². The average molecular weight is 275 g/mol. The zero-order valence-electron chi connectivity index (χ0n) is 10.2. The van der Waals surface area contributed by atoms with E-state index in [1.54, 1.807) is 18.6 Å². The van der Waals surface area contributed by atoms with Gasteiger partial charge in [0.1, 0.15) is 5.03 Å². The minimum atomic E-state index is 0.239. The lowest BCUT2D eigenvalue weighted by atomic mass is 10.4. The van der Waals surface area contributed by atoms with Crippen molar-refractivity contribution >= 4 is 23.7 Å². The van der Waals surface area contributed by atoms with E-state index in [2.05, 4.69) is 29.8 Å². The summed E-state index contributed by atoms with van der Waals surface area (Å²) in [4.78, 5) is 23.1. The van der Waals surface area contributed by atoms with Crippen LogP contribution in [-0.4, -0.2) is 38.0 Å². The van der Waals surface area contributed by atoms with Crippen LogP contribution in [0.2, 0.25) is 0 Å². The van der Waals surface area contributed by atoms with Crippen molar-refractivity contribution in [3.63, 3.8) is 0 Å². The molecule has 1 fully saturated rings. The molecule has 19 heavy (non-hydrogen) atoms. The van der Waals surface area contributed by atoms with Crippen LogP contribution in [0, 0.1) is 0 Å². The molecule has 1 saturated heterocycles. The Morgan fingerprint density at radius 2 is 1.95 bits per heavy atom. The van der Waals surface area contributed by atoms with E-state index < -0.39 is 0 Å². The Hall–Kier alpha value is -1.96. The third kappa shape index (κ3) is 2.90. The molecule has 0 aliphatic carbocycles. The molecule has 0 bridgehead atoms. The van der Waals surface area contributed by atoms with E-state index >= 15 is 0 Å². The predicted molar refractivity (Wildman–Crippen MR) is 71.8 cm³/mol. The van der Waals surface area contributed by atoms with Crippen molar-refractivity contribution in [3.05, 3.63) is 18.6 Å². The van der Waals surface area contributed by atoms with E-state index in [1.807, 2.05) is 0 Å². The highest BCUT2D eigenvalue weighted by atomic mass is 32.2. The highest BCUT2D eigenvalue weighted by Crippen LogP contribution is 2.24. The quantitative estimate of drug-likeness (QED) is 0.886. The van der Waals surface area contributed by atoms with Crippen LogP contribution in [0.4, 0.5) is 11.9 Å². The molecule has 0 amide bonds. The third-order valence-corrected chi connectivity index (χ3v) is 3.53. The van der Waals surface area contributed by atoms with Gasteiger partial charge in [0.2, 0.25) is 17.1 Å². The molecule has 98 valence electrons. The minimum Gasteiger partial charge on any atom is -0.368 e. The first-order valence-electron chi connectivity index (χ1n) is 6.01. The smallest absolute Gasteiger partial charge is 0.231 e. The summed E-state index contributed by atoms with van der Waals surface area (Å²) in [6, 6.07) is 0. The summed E-state index contributed by atoms with van der Waals surface area (Å²) in [7, 11) is 0. The van der Waals surface area contributed by atoms with E-state index in [-0.39, 0.29) is 5.95 Å². The van der Waals surface area contributed by atoms with E-state index in [1.165, 1.54) is 11.8 Å². The number of hydrogen-bond acceptors (Lipinski definition) is 8. The number of anilines is 2. The largest absolute Gasteiger partial charge is 0.368 e. The first kappa shape index (κ1) is 12.1. The Balaban J connectivity index is 1.85. The summed E-state index contributed by atoms with van der Waals surface area (Å²) in [5.41, 5.74) is 5.74. The lowest BCUT2D eigenvalue weighted by Gasteiger charge is -2.15. The number of nitrogens with two attached hydrogens (primary N) is 1. The third-order valence-electron chi connectivity index (χ3n) is 2.74. The maximum atomic E-state index is 5.74.